The van der Waals surface area contributed by atoms with Gasteiger partial charge in [0.25, 0.3) is 0 Å². The number of hydrogen-bond acceptors (Lipinski definition) is 3. The molecule has 0 aliphatic heterocycles. The Balaban J connectivity index is 2.41. The largest absolute Gasteiger partial charge is 0.478 e. The number of hydrogen-bond donors (Lipinski definition) is 1. The van der Waals surface area contributed by atoms with Gasteiger partial charge < -0.3 is 5.11 Å². The fourth-order valence-corrected chi connectivity index (χ4v) is 3.12. The Kier molecular flexibility index (Phi) is 4.65. The molecule has 3 aromatic rings. The zero-order valence-electron chi connectivity index (χ0n) is 14.6. The highest BCUT2D eigenvalue weighted by Crippen LogP contribution is 2.35. The third kappa shape index (κ3) is 3.18. The van der Waals surface area contributed by atoms with Crippen LogP contribution in [-0.4, -0.2) is 25.8 Å². The Morgan fingerprint density at radius 2 is 2.00 bits per heavy atom. The first-order chi connectivity index (χ1) is 12.0. The summed E-state index contributed by atoms with van der Waals surface area (Å²) in [7, 11) is 0. The van der Waals surface area contributed by atoms with Crippen LogP contribution >= 0.6 is 0 Å². The number of carboxylic acids is 1. The van der Waals surface area contributed by atoms with Gasteiger partial charge in [0.05, 0.1) is 11.9 Å². The lowest BCUT2D eigenvalue weighted by Gasteiger charge is -2.16. The molecule has 0 aliphatic rings. The number of aromatic nitrogens is 3. The lowest BCUT2D eigenvalue weighted by atomic mass is 9.91. The molecule has 0 radical (unpaired) electrons. The molecule has 0 fully saturated rings. The second-order valence-electron chi connectivity index (χ2n) is 6.18. The first kappa shape index (κ1) is 16.9. The SMILES string of the molecule is CCn1ncc2c(C(C)C)c(/C=C/C(=O)O)c(-c3ccccc3)nc21. The molecule has 128 valence electrons. The quantitative estimate of drug-likeness (QED) is 0.704. The average Bonchev–Trinajstić information content (AvgIpc) is 3.01. The maximum absolute atomic E-state index is 11.1. The molecule has 0 saturated heterocycles. The van der Waals surface area contributed by atoms with Gasteiger partial charge in [0.1, 0.15) is 0 Å². The van der Waals surface area contributed by atoms with E-state index in [0.717, 1.165) is 40.0 Å². The van der Waals surface area contributed by atoms with Crippen molar-refractivity contribution in [2.45, 2.75) is 33.2 Å². The van der Waals surface area contributed by atoms with E-state index in [1.807, 2.05) is 48.1 Å². The van der Waals surface area contributed by atoms with Crippen LogP contribution < -0.4 is 0 Å². The van der Waals surface area contributed by atoms with Crippen LogP contribution in [0.2, 0.25) is 0 Å². The smallest absolute Gasteiger partial charge is 0.328 e. The predicted molar refractivity (Wildman–Crippen MR) is 99.4 cm³/mol. The lowest BCUT2D eigenvalue weighted by molar-refractivity contribution is -0.131. The molecule has 5 heteroatoms. The van der Waals surface area contributed by atoms with Crippen molar-refractivity contribution in [1.82, 2.24) is 14.8 Å². The van der Waals surface area contributed by atoms with E-state index in [2.05, 4.69) is 18.9 Å². The van der Waals surface area contributed by atoms with Crippen LogP contribution in [0.15, 0.2) is 42.6 Å². The van der Waals surface area contributed by atoms with Gasteiger partial charge in [-0.1, -0.05) is 44.2 Å². The second kappa shape index (κ2) is 6.89. The number of nitrogens with zero attached hydrogens (tertiary/aromatic N) is 3. The summed E-state index contributed by atoms with van der Waals surface area (Å²) in [5, 5.41) is 14.5. The fraction of sp³-hybridized carbons (Fsp3) is 0.250. The van der Waals surface area contributed by atoms with Crippen molar-refractivity contribution in [3.05, 3.63) is 53.7 Å². The summed E-state index contributed by atoms with van der Waals surface area (Å²) >= 11 is 0. The zero-order chi connectivity index (χ0) is 18.0. The molecule has 0 atom stereocenters. The van der Waals surface area contributed by atoms with Crippen molar-refractivity contribution in [1.29, 1.82) is 0 Å². The van der Waals surface area contributed by atoms with Gasteiger partial charge in [0.2, 0.25) is 0 Å². The van der Waals surface area contributed by atoms with Gasteiger partial charge in [0.15, 0.2) is 5.65 Å². The van der Waals surface area contributed by atoms with Gasteiger partial charge in [-0.15, -0.1) is 0 Å². The molecule has 2 aromatic heterocycles. The van der Waals surface area contributed by atoms with E-state index < -0.39 is 5.97 Å². The second-order valence-corrected chi connectivity index (χ2v) is 6.18. The van der Waals surface area contributed by atoms with Crippen molar-refractivity contribution in [2.75, 3.05) is 0 Å². The number of aliphatic carboxylic acids is 1. The highest BCUT2D eigenvalue weighted by atomic mass is 16.4. The molecule has 1 N–H and O–H groups in total. The Hall–Kier alpha value is -2.95. The van der Waals surface area contributed by atoms with E-state index in [4.69, 9.17) is 10.1 Å². The van der Waals surface area contributed by atoms with Gasteiger partial charge in [0, 0.05) is 29.1 Å². The van der Waals surface area contributed by atoms with Gasteiger partial charge in [-0.05, 0) is 24.5 Å². The maximum Gasteiger partial charge on any atom is 0.328 e. The molecule has 0 unspecified atom stereocenters. The van der Waals surface area contributed by atoms with E-state index in [9.17, 15) is 4.79 Å². The summed E-state index contributed by atoms with van der Waals surface area (Å²) in [6.45, 7) is 6.96. The van der Waals surface area contributed by atoms with Crippen molar-refractivity contribution in [3.63, 3.8) is 0 Å². The lowest BCUT2D eigenvalue weighted by Crippen LogP contribution is -2.03. The highest BCUT2D eigenvalue weighted by molar-refractivity contribution is 5.93. The number of benzene rings is 1. The van der Waals surface area contributed by atoms with Crippen molar-refractivity contribution in [2.24, 2.45) is 0 Å². The molecular weight excluding hydrogens is 314 g/mol. The third-order valence-electron chi connectivity index (χ3n) is 4.18. The van der Waals surface area contributed by atoms with Crippen LogP contribution in [0.5, 0.6) is 0 Å². The summed E-state index contributed by atoms with van der Waals surface area (Å²) in [6, 6.07) is 9.84. The average molecular weight is 335 g/mol. The Morgan fingerprint density at radius 3 is 2.60 bits per heavy atom. The minimum Gasteiger partial charge on any atom is -0.478 e. The Bertz CT molecular complexity index is 940. The molecular formula is C20H21N3O2. The van der Waals surface area contributed by atoms with E-state index >= 15 is 0 Å². The van der Waals surface area contributed by atoms with Crippen molar-refractivity contribution in [3.8, 4) is 11.3 Å². The molecule has 1 aromatic carbocycles. The van der Waals surface area contributed by atoms with Crippen LogP contribution in [-0.2, 0) is 11.3 Å². The van der Waals surface area contributed by atoms with Gasteiger partial charge >= 0.3 is 5.97 Å². The van der Waals surface area contributed by atoms with Crippen LogP contribution in [0, 0.1) is 0 Å². The summed E-state index contributed by atoms with van der Waals surface area (Å²) < 4.78 is 1.87. The first-order valence-corrected chi connectivity index (χ1v) is 8.38. The number of pyridine rings is 1. The van der Waals surface area contributed by atoms with Crippen LogP contribution in [0.4, 0.5) is 0 Å². The van der Waals surface area contributed by atoms with Crippen LogP contribution in [0.1, 0.15) is 37.8 Å². The van der Waals surface area contributed by atoms with E-state index in [1.54, 1.807) is 6.08 Å². The standard InChI is InChI=1S/C20H21N3O2/c1-4-23-20-16(12-21-23)18(13(2)3)15(10-11-17(24)25)19(22-20)14-8-6-5-7-9-14/h5-13H,4H2,1-3H3,(H,24,25)/b11-10+. The van der Waals surface area contributed by atoms with Crippen LogP contribution in [0.25, 0.3) is 28.4 Å². The zero-order valence-corrected chi connectivity index (χ0v) is 14.6. The molecule has 5 nitrogen and oxygen atoms in total. The van der Waals surface area contributed by atoms with Gasteiger partial charge in [-0.25, -0.2) is 14.5 Å². The topological polar surface area (TPSA) is 68.0 Å². The fourth-order valence-electron chi connectivity index (χ4n) is 3.12. The maximum atomic E-state index is 11.1. The minimum absolute atomic E-state index is 0.205. The Morgan fingerprint density at radius 1 is 1.28 bits per heavy atom. The minimum atomic E-state index is -0.974. The van der Waals surface area contributed by atoms with Crippen molar-refractivity contribution < 1.29 is 9.90 Å². The molecule has 25 heavy (non-hydrogen) atoms. The number of aryl methyl sites for hydroxylation is 1. The molecule has 0 spiro atoms. The summed E-state index contributed by atoms with van der Waals surface area (Å²) in [5.41, 5.74) is 4.48. The predicted octanol–water partition coefficient (Wildman–Crippen LogP) is 4.34. The highest BCUT2D eigenvalue weighted by Gasteiger charge is 2.19. The van der Waals surface area contributed by atoms with Gasteiger partial charge in [-0.2, -0.15) is 5.10 Å². The first-order valence-electron chi connectivity index (χ1n) is 8.38. The molecule has 0 bridgehead atoms. The Labute approximate surface area is 146 Å². The number of carboxylic acid groups (broad SMARTS) is 1. The van der Waals surface area contributed by atoms with Crippen LogP contribution in [0.3, 0.4) is 0 Å². The summed E-state index contributed by atoms with van der Waals surface area (Å²) in [5.74, 6) is -0.769. The summed E-state index contributed by atoms with van der Waals surface area (Å²) in [4.78, 5) is 15.9. The van der Waals surface area contributed by atoms with E-state index in [0.29, 0.717) is 0 Å². The van der Waals surface area contributed by atoms with E-state index in [1.165, 1.54) is 6.08 Å². The molecule has 2 heterocycles. The number of carbonyl (C=O) groups is 1. The number of rotatable bonds is 5. The monoisotopic (exact) mass is 335 g/mol. The van der Waals surface area contributed by atoms with Crippen molar-refractivity contribution >= 4 is 23.1 Å². The normalized spacial score (nSPS) is 11.7. The van der Waals surface area contributed by atoms with E-state index in [-0.39, 0.29) is 5.92 Å². The summed E-state index contributed by atoms with van der Waals surface area (Å²) in [6.07, 6.45) is 4.65. The third-order valence-corrected chi connectivity index (χ3v) is 4.18. The molecule has 0 saturated carbocycles. The molecule has 0 aliphatic carbocycles. The molecule has 3 rings (SSSR count). The number of fused-ring (bicyclic) bond motifs is 1. The molecule has 0 amide bonds. The van der Waals surface area contributed by atoms with Gasteiger partial charge in [-0.3, -0.25) is 0 Å².